The van der Waals surface area contributed by atoms with Crippen molar-refractivity contribution in [2.75, 3.05) is 0 Å². The van der Waals surface area contributed by atoms with Crippen LogP contribution >= 0.6 is 0 Å². The van der Waals surface area contributed by atoms with Gasteiger partial charge >= 0.3 is 0 Å². The zero-order chi connectivity index (χ0) is 21.3. The topological polar surface area (TPSA) is 60.7 Å². The Hall–Kier alpha value is -2.20. The van der Waals surface area contributed by atoms with Crippen molar-refractivity contribution >= 4 is 5.57 Å². The maximum atomic E-state index is 10.4. The molecule has 0 aliphatic carbocycles. The van der Waals surface area contributed by atoms with Crippen LogP contribution in [0.4, 0.5) is 0 Å². The van der Waals surface area contributed by atoms with Gasteiger partial charge in [0.05, 0.1) is 18.8 Å². The standard InChI is InChI=1S/C26H34O3/c1-4-26(29,5-2)15-7-8-20(3)23-10-6-9-21(16-23)11-12-22-13-14-24(18-27)25(17-22)19-28/h6-10,13-17,27-29H,4-5,11-12,18-19H2,1-3H3. The van der Waals surface area contributed by atoms with Crippen molar-refractivity contribution in [3.05, 3.63) is 88.5 Å². The van der Waals surface area contributed by atoms with Crippen LogP contribution in [0.1, 0.15) is 61.4 Å². The van der Waals surface area contributed by atoms with Crippen LogP contribution in [0.15, 0.2) is 60.7 Å². The lowest BCUT2D eigenvalue weighted by molar-refractivity contribution is 0.0828. The van der Waals surface area contributed by atoms with Gasteiger partial charge in [0, 0.05) is 0 Å². The van der Waals surface area contributed by atoms with E-state index in [2.05, 4.69) is 37.3 Å². The first-order valence-electron chi connectivity index (χ1n) is 10.4. The Morgan fingerprint density at radius 3 is 2.17 bits per heavy atom. The lowest BCUT2D eigenvalue weighted by atomic mass is 9.96. The molecule has 3 nitrogen and oxygen atoms in total. The van der Waals surface area contributed by atoms with Gasteiger partial charge in [-0.25, -0.2) is 0 Å². The number of allylic oxidation sites excluding steroid dienone is 3. The number of benzene rings is 2. The van der Waals surface area contributed by atoms with Crippen molar-refractivity contribution in [1.29, 1.82) is 0 Å². The van der Waals surface area contributed by atoms with E-state index < -0.39 is 5.60 Å². The Balaban J connectivity index is 2.07. The smallest absolute Gasteiger partial charge is 0.0825 e. The quantitative estimate of drug-likeness (QED) is 0.499. The van der Waals surface area contributed by atoms with Crippen LogP contribution in [-0.2, 0) is 26.1 Å². The fourth-order valence-electron chi connectivity index (χ4n) is 3.35. The van der Waals surface area contributed by atoms with Crippen LogP contribution in [0, 0.1) is 0 Å². The molecule has 2 aromatic carbocycles. The molecule has 0 spiro atoms. The molecular weight excluding hydrogens is 360 g/mol. The molecule has 156 valence electrons. The minimum atomic E-state index is -0.725. The molecule has 0 aliphatic rings. The SMILES string of the molecule is CCC(O)(C=CC=C(C)c1cccc(CCc2ccc(CO)c(CO)c2)c1)CC. The number of aliphatic hydroxyl groups is 3. The molecule has 2 rings (SSSR count). The number of rotatable bonds is 10. The summed E-state index contributed by atoms with van der Waals surface area (Å²) >= 11 is 0. The van der Waals surface area contributed by atoms with Gasteiger partial charge in [-0.2, -0.15) is 0 Å². The molecule has 0 aliphatic heterocycles. The summed E-state index contributed by atoms with van der Waals surface area (Å²) in [6.07, 6.45) is 9.09. The van der Waals surface area contributed by atoms with Crippen molar-refractivity contribution in [1.82, 2.24) is 0 Å². The number of aryl methyl sites for hydroxylation is 2. The van der Waals surface area contributed by atoms with Gasteiger partial charge in [0.15, 0.2) is 0 Å². The monoisotopic (exact) mass is 394 g/mol. The molecule has 2 aromatic rings. The second-order valence-corrected chi connectivity index (χ2v) is 7.64. The highest BCUT2D eigenvalue weighted by atomic mass is 16.3. The highest BCUT2D eigenvalue weighted by Crippen LogP contribution is 2.20. The van der Waals surface area contributed by atoms with Gasteiger partial charge in [0.25, 0.3) is 0 Å². The molecule has 0 unspecified atom stereocenters. The molecule has 0 atom stereocenters. The zero-order valence-electron chi connectivity index (χ0n) is 17.9. The summed E-state index contributed by atoms with van der Waals surface area (Å²) in [5, 5.41) is 29.2. The predicted octanol–water partition coefficient (Wildman–Crippen LogP) is 4.97. The van der Waals surface area contributed by atoms with Gasteiger partial charge in [-0.15, -0.1) is 0 Å². The van der Waals surface area contributed by atoms with Crippen LogP contribution < -0.4 is 0 Å². The van der Waals surface area contributed by atoms with Gasteiger partial charge in [-0.1, -0.05) is 74.5 Å². The molecule has 0 fully saturated rings. The molecule has 3 N–H and O–H groups in total. The largest absolute Gasteiger partial charge is 0.392 e. The lowest BCUT2D eigenvalue weighted by Crippen LogP contribution is -2.22. The second-order valence-electron chi connectivity index (χ2n) is 7.64. The molecule has 0 radical (unpaired) electrons. The predicted molar refractivity (Wildman–Crippen MR) is 120 cm³/mol. The highest BCUT2D eigenvalue weighted by Gasteiger charge is 2.16. The molecule has 0 bridgehead atoms. The van der Waals surface area contributed by atoms with E-state index in [1.807, 2.05) is 44.2 Å². The third-order valence-corrected chi connectivity index (χ3v) is 5.67. The summed E-state index contributed by atoms with van der Waals surface area (Å²) < 4.78 is 0. The molecule has 0 aromatic heterocycles. The maximum absolute atomic E-state index is 10.4. The summed E-state index contributed by atoms with van der Waals surface area (Å²) in [6.45, 7) is 5.97. The molecule has 0 amide bonds. The first-order valence-corrected chi connectivity index (χ1v) is 10.4. The number of aliphatic hydroxyl groups excluding tert-OH is 2. The first kappa shape index (κ1) is 23.1. The van der Waals surface area contributed by atoms with Crippen LogP contribution in [0.3, 0.4) is 0 Å². The Bertz CT molecular complexity index is 845. The average Bonchev–Trinajstić information content (AvgIpc) is 2.77. The number of hydrogen-bond donors (Lipinski definition) is 3. The third kappa shape index (κ3) is 6.67. The van der Waals surface area contributed by atoms with E-state index in [1.54, 1.807) is 0 Å². The fourth-order valence-corrected chi connectivity index (χ4v) is 3.35. The third-order valence-electron chi connectivity index (χ3n) is 5.67. The molecule has 0 saturated carbocycles. The van der Waals surface area contributed by atoms with Crippen molar-refractivity contribution in [3.63, 3.8) is 0 Å². The van der Waals surface area contributed by atoms with Crippen molar-refractivity contribution in [2.24, 2.45) is 0 Å². The average molecular weight is 395 g/mol. The van der Waals surface area contributed by atoms with E-state index in [4.69, 9.17) is 0 Å². The van der Waals surface area contributed by atoms with E-state index >= 15 is 0 Å². The molecule has 3 heteroatoms. The Kier molecular flexibility index (Phi) is 8.84. The van der Waals surface area contributed by atoms with E-state index in [9.17, 15) is 15.3 Å². The van der Waals surface area contributed by atoms with Gasteiger partial charge in [0.1, 0.15) is 0 Å². The summed E-state index contributed by atoms with van der Waals surface area (Å²) in [6, 6.07) is 14.4. The van der Waals surface area contributed by atoms with Crippen LogP contribution in [0.5, 0.6) is 0 Å². The molecular formula is C26H34O3. The summed E-state index contributed by atoms with van der Waals surface area (Å²) in [5.41, 5.74) is 5.61. The molecule has 0 heterocycles. The van der Waals surface area contributed by atoms with E-state index in [1.165, 1.54) is 11.1 Å². The van der Waals surface area contributed by atoms with Crippen molar-refractivity contribution < 1.29 is 15.3 Å². The minimum Gasteiger partial charge on any atom is -0.392 e. The van der Waals surface area contributed by atoms with Crippen molar-refractivity contribution in [3.8, 4) is 0 Å². The molecule has 0 saturated heterocycles. The van der Waals surface area contributed by atoms with E-state index in [0.29, 0.717) is 12.8 Å². The maximum Gasteiger partial charge on any atom is 0.0825 e. The summed E-state index contributed by atoms with van der Waals surface area (Å²) in [5.74, 6) is 0. The van der Waals surface area contributed by atoms with E-state index in [0.717, 1.165) is 35.1 Å². The van der Waals surface area contributed by atoms with Gasteiger partial charge in [-0.3, -0.25) is 0 Å². The Labute approximate surface area is 175 Å². The minimum absolute atomic E-state index is 0.0494. The van der Waals surface area contributed by atoms with Gasteiger partial charge < -0.3 is 15.3 Å². The number of hydrogen-bond acceptors (Lipinski definition) is 3. The fraction of sp³-hybridized carbons (Fsp3) is 0.385. The van der Waals surface area contributed by atoms with E-state index in [-0.39, 0.29) is 13.2 Å². The summed E-state index contributed by atoms with van der Waals surface area (Å²) in [7, 11) is 0. The van der Waals surface area contributed by atoms with Crippen LogP contribution in [0.2, 0.25) is 0 Å². The summed E-state index contributed by atoms with van der Waals surface area (Å²) in [4.78, 5) is 0. The normalized spacial score (nSPS) is 12.7. The Morgan fingerprint density at radius 1 is 0.897 bits per heavy atom. The first-order chi connectivity index (χ1) is 13.9. The second kappa shape index (κ2) is 11.1. The van der Waals surface area contributed by atoms with Gasteiger partial charge in [0.2, 0.25) is 0 Å². The van der Waals surface area contributed by atoms with Crippen LogP contribution in [0.25, 0.3) is 5.57 Å². The van der Waals surface area contributed by atoms with Crippen molar-refractivity contribution in [2.45, 2.75) is 65.3 Å². The molecule has 29 heavy (non-hydrogen) atoms. The van der Waals surface area contributed by atoms with Gasteiger partial charge in [-0.05, 0) is 66.0 Å². The zero-order valence-corrected chi connectivity index (χ0v) is 17.9. The highest BCUT2D eigenvalue weighted by molar-refractivity contribution is 5.65. The Morgan fingerprint density at radius 2 is 1.55 bits per heavy atom. The lowest BCUT2D eigenvalue weighted by Gasteiger charge is -2.19. The van der Waals surface area contributed by atoms with Crippen LogP contribution in [-0.4, -0.2) is 20.9 Å².